The van der Waals surface area contributed by atoms with Gasteiger partial charge in [0.1, 0.15) is 17.0 Å². The molecule has 0 aliphatic rings. The second-order valence-electron chi connectivity index (χ2n) is 4.95. The number of fused-ring (bicyclic) bond motifs is 1. The Labute approximate surface area is 123 Å². The molecular formula is C17H18N2O2. The molecule has 3 rings (SSSR count). The molecule has 1 unspecified atom stereocenters. The van der Waals surface area contributed by atoms with Crippen LogP contribution in [-0.2, 0) is 6.54 Å². The van der Waals surface area contributed by atoms with Gasteiger partial charge in [0, 0.05) is 11.9 Å². The van der Waals surface area contributed by atoms with Crippen LogP contribution in [0.15, 0.2) is 53.1 Å². The molecule has 0 aliphatic heterocycles. The average Bonchev–Trinajstić information content (AvgIpc) is 3.06. The summed E-state index contributed by atoms with van der Waals surface area (Å²) < 4.78 is 10.8. The summed E-state index contributed by atoms with van der Waals surface area (Å²) in [6, 6.07) is 14.0. The lowest BCUT2D eigenvalue weighted by molar-refractivity contribution is 0.418. The first-order valence-electron chi connectivity index (χ1n) is 6.97. The van der Waals surface area contributed by atoms with E-state index in [0.29, 0.717) is 6.54 Å². The number of ether oxygens (including phenoxy) is 1. The van der Waals surface area contributed by atoms with E-state index in [9.17, 15) is 0 Å². The van der Waals surface area contributed by atoms with Gasteiger partial charge in [-0.1, -0.05) is 18.2 Å². The molecule has 2 heterocycles. The molecular weight excluding hydrogens is 264 g/mol. The molecule has 0 saturated carbocycles. The summed E-state index contributed by atoms with van der Waals surface area (Å²) in [6.07, 6.45) is 1.69. The zero-order valence-electron chi connectivity index (χ0n) is 12.2. The maximum atomic E-state index is 5.39. The van der Waals surface area contributed by atoms with Crippen LogP contribution in [0.25, 0.3) is 10.9 Å². The van der Waals surface area contributed by atoms with Gasteiger partial charge in [-0.05, 0) is 31.2 Å². The summed E-state index contributed by atoms with van der Waals surface area (Å²) in [5, 5.41) is 4.49. The SMILES string of the molecule is COc1cccc2ccc(CNC(C)c3ccco3)nc12. The lowest BCUT2D eigenvalue weighted by atomic mass is 10.2. The molecule has 0 amide bonds. The lowest BCUT2D eigenvalue weighted by Gasteiger charge is -2.12. The van der Waals surface area contributed by atoms with Crippen LogP contribution < -0.4 is 10.1 Å². The Morgan fingerprint density at radius 1 is 1.19 bits per heavy atom. The van der Waals surface area contributed by atoms with Crippen molar-refractivity contribution in [2.24, 2.45) is 0 Å². The van der Waals surface area contributed by atoms with Gasteiger partial charge in [0.2, 0.25) is 0 Å². The Morgan fingerprint density at radius 3 is 2.86 bits per heavy atom. The molecule has 0 bridgehead atoms. The van der Waals surface area contributed by atoms with Crippen LogP contribution in [0.4, 0.5) is 0 Å². The largest absolute Gasteiger partial charge is 0.494 e. The molecule has 1 N–H and O–H groups in total. The van der Waals surface area contributed by atoms with E-state index >= 15 is 0 Å². The summed E-state index contributed by atoms with van der Waals surface area (Å²) in [7, 11) is 1.67. The van der Waals surface area contributed by atoms with Crippen molar-refractivity contribution in [3.63, 3.8) is 0 Å². The van der Waals surface area contributed by atoms with Crippen molar-refractivity contribution in [3.05, 3.63) is 60.2 Å². The maximum Gasteiger partial charge on any atom is 0.145 e. The van der Waals surface area contributed by atoms with Gasteiger partial charge in [-0.2, -0.15) is 0 Å². The van der Waals surface area contributed by atoms with Crippen LogP contribution in [0.2, 0.25) is 0 Å². The molecule has 4 heteroatoms. The predicted octanol–water partition coefficient (Wildman–Crippen LogP) is 3.69. The quantitative estimate of drug-likeness (QED) is 0.775. The number of para-hydroxylation sites is 1. The molecule has 0 fully saturated rings. The highest BCUT2D eigenvalue weighted by Gasteiger charge is 2.09. The maximum absolute atomic E-state index is 5.39. The van der Waals surface area contributed by atoms with Crippen LogP contribution in [0.1, 0.15) is 24.4 Å². The molecule has 0 aliphatic carbocycles. The van der Waals surface area contributed by atoms with Gasteiger partial charge < -0.3 is 14.5 Å². The van der Waals surface area contributed by atoms with Crippen molar-refractivity contribution < 1.29 is 9.15 Å². The van der Waals surface area contributed by atoms with Crippen LogP contribution in [0.5, 0.6) is 5.75 Å². The first-order valence-corrected chi connectivity index (χ1v) is 6.97. The summed E-state index contributed by atoms with van der Waals surface area (Å²) in [4.78, 5) is 4.68. The fraction of sp³-hybridized carbons (Fsp3) is 0.235. The van der Waals surface area contributed by atoms with E-state index in [0.717, 1.165) is 28.1 Å². The molecule has 2 aromatic heterocycles. The van der Waals surface area contributed by atoms with Gasteiger partial charge >= 0.3 is 0 Å². The van der Waals surface area contributed by atoms with Gasteiger partial charge in [0.05, 0.1) is 25.1 Å². The van der Waals surface area contributed by atoms with Crippen molar-refractivity contribution in [2.75, 3.05) is 7.11 Å². The second kappa shape index (κ2) is 5.97. The summed E-state index contributed by atoms with van der Waals surface area (Å²) >= 11 is 0. The fourth-order valence-electron chi connectivity index (χ4n) is 2.32. The van der Waals surface area contributed by atoms with E-state index in [1.165, 1.54) is 0 Å². The van der Waals surface area contributed by atoms with E-state index in [2.05, 4.69) is 23.3 Å². The molecule has 0 spiro atoms. The van der Waals surface area contributed by atoms with Crippen molar-refractivity contribution in [2.45, 2.75) is 19.5 Å². The summed E-state index contributed by atoms with van der Waals surface area (Å²) in [6.45, 7) is 2.75. The minimum Gasteiger partial charge on any atom is -0.494 e. The van der Waals surface area contributed by atoms with Crippen molar-refractivity contribution in [1.29, 1.82) is 0 Å². The van der Waals surface area contributed by atoms with E-state index in [-0.39, 0.29) is 6.04 Å². The first kappa shape index (κ1) is 13.6. The third kappa shape index (κ3) is 2.90. The minimum absolute atomic E-state index is 0.148. The van der Waals surface area contributed by atoms with E-state index in [1.54, 1.807) is 13.4 Å². The molecule has 108 valence electrons. The van der Waals surface area contributed by atoms with E-state index in [4.69, 9.17) is 9.15 Å². The Morgan fingerprint density at radius 2 is 2.10 bits per heavy atom. The number of pyridine rings is 1. The van der Waals surface area contributed by atoms with Gasteiger partial charge in [-0.25, -0.2) is 4.98 Å². The molecule has 0 radical (unpaired) electrons. The second-order valence-corrected chi connectivity index (χ2v) is 4.95. The Balaban J connectivity index is 1.78. The number of hydrogen-bond acceptors (Lipinski definition) is 4. The van der Waals surface area contributed by atoms with Gasteiger partial charge in [-0.3, -0.25) is 0 Å². The number of methoxy groups -OCH3 is 1. The third-order valence-electron chi connectivity index (χ3n) is 3.52. The summed E-state index contributed by atoms with van der Waals surface area (Å²) in [5.41, 5.74) is 1.87. The van der Waals surface area contributed by atoms with Crippen molar-refractivity contribution in [3.8, 4) is 5.75 Å². The fourth-order valence-corrected chi connectivity index (χ4v) is 2.32. The zero-order chi connectivity index (χ0) is 14.7. The molecule has 3 aromatic rings. The van der Waals surface area contributed by atoms with E-state index < -0.39 is 0 Å². The highest BCUT2D eigenvalue weighted by molar-refractivity contribution is 5.84. The standard InChI is InChI=1S/C17H18N2O2/c1-12(15-7-4-10-21-15)18-11-14-9-8-13-5-3-6-16(20-2)17(13)19-14/h3-10,12,18H,11H2,1-2H3. The molecule has 0 saturated heterocycles. The van der Waals surface area contributed by atoms with E-state index in [1.807, 2.05) is 36.4 Å². The van der Waals surface area contributed by atoms with Gasteiger partial charge in [-0.15, -0.1) is 0 Å². The van der Waals surface area contributed by atoms with Crippen molar-refractivity contribution >= 4 is 10.9 Å². The molecule has 21 heavy (non-hydrogen) atoms. The third-order valence-corrected chi connectivity index (χ3v) is 3.52. The van der Waals surface area contributed by atoms with Crippen LogP contribution in [0.3, 0.4) is 0 Å². The normalized spacial score (nSPS) is 12.5. The smallest absolute Gasteiger partial charge is 0.145 e. The minimum atomic E-state index is 0.148. The van der Waals surface area contributed by atoms with Gasteiger partial charge in [0.25, 0.3) is 0 Å². The number of hydrogen-bond donors (Lipinski definition) is 1. The Bertz CT molecular complexity index is 723. The lowest BCUT2D eigenvalue weighted by Crippen LogP contribution is -2.18. The topological polar surface area (TPSA) is 47.3 Å². The summed E-state index contributed by atoms with van der Waals surface area (Å²) in [5.74, 6) is 1.72. The highest BCUT2D eigenvalue weighted by atomic mass is 16.5. The highest BCUT2D eigenvalue weighted by Crippen LogP contribution is 2.23. The number of nitrogens with one attached hydrogen (secondary N) is 1. The number of nitrogens with zero attached hydrogens (tertiary/aromatic N) is 1. The average molecular weight is 282 g/mol. The number of rotatable bonds is 5. The van der Waals surface area contributed by atoms with Crippen molar-refractivity contribution in [1.82, 2.24) is 10.3 Å². The van der Waals surface area contributed by atoms with Gasteiger partial charge in [0.15, 0.2) is 0 Å². The first-order chi connectivity index (χ1) is 10.3. The molecule has 1 atom stereocenters. The van der Waals surface area contributed by atoms with Crippen LogP contribution in [-0.4, -0.2) is 12.1 Å². The monoisotopic (exact) mass is 282 g/mol. The number of aromatic nitrogens is 1. The Kier molecular flexibility index (Phi) is 3.88. The van der Waals surface area contributed by atoms with Crippen LogP contribution >= 0.6 is 0 Å². The number of benzene rings is 1. The zero-order valence-corrected chi connectivity index (χ0v) is 12.2. The Hall–Kier alpha value is -2.33. The van der Waals surface area contributed by atoms with Crippen LogP contribution in [0, 0.1) is 0 Å². The molecule has 1 aromatic carbocycles. The predicted molar refractivity (Wildman–Crippen MR) is 82.3 cm³/mol. The molecule has 4 nitrogen and oxygen atoms in total. The number of furan rings is 1.